The molecule has 2 aliphatic rings. The summed E-state index contributed by atoms with van der Waals surface area (Å²) in [5.41, 5.74) is 2.89. The predicted octanol–water partition coefficient (Wildman–Crippen LogP) is 4.93. The Kier molecular flexibility index (Phi) is 6.51. The third kappa shape index (κ3) is 4.50. The number of fused-ring (bicyclic) bond motifs is 1. The van der Waals surface area contributed by atoms with Crippen molar-refractivity contribution in [1.29, 1.82) is 0 Å². The van der Waals surface area contributed by atoms with Crippen LogP contribution in [-0.2, 0) is 4.79 Å². The zero-order valence-electron chi connectivity index (χ0n) is 15.7. The van der Waals surface area contributed by atoms with Crippen LogP contribution in [0.15, 0.2) is 53.3 Å². The molecule has 0 bridgehead atoms. The highest BCUT2D eigenvalue weighted by atomic mass is 35.5. The number of hydrogen-bond donors (Lipinski definition) is 1. The molecule has 0 saturated carbocycles. The SMILES string of the molecule is CCCN(CCC)C(=O)CC1=C(c2ccc(Cl)cc2)NC2C=CC(Cl)=CN12. The summed E-state index contributed by atoms with van der Waals surface area (Å²) >= 11 is 12.3. The number of carbonyl (C=O) groups excluding carboxylic acids is 1. The average Bonchev–Trinajstić information content (AvgIpc) is 3.00. The first-order valence-electron chi connectivity index (χ1n) is 9.40. The highest BCUT2D eigenvalue weighted by Gasteiger charge is 2.32. The molecule has 144 valence electrons. The summed E-state index contributed by atoms with van der Waals surface area (Å²) in [6.45, 7) is 5.76. The largest absolute Gasteiger partial charge is 0.360 e. The van der Waals surface area contributed by atoms with Crippen LogP contribution in [0.1, 0.15) is 38.7 Å². The second kappa shape index (κ2) is 8.85. The summed E-state index contributed by atoms with van der Waals surface area (Å²) in [7, 11) is 0. The van der Waals surface area contributed by atoms with E-state index in [9.17, 15) is 4.79 Å². The zero-order valence-corrected chi connectivity index (χ0v) is 17.2. The Morgan fingerprint density at radius 1 is 1.15 bits per heavy atom. The molecule has 0 radical (unpaired) electrons. The van der Waals surface area contributed by atoms with E-state index in [2.05, 4.69) is 24.1 Å². The fourth-order valence-corrected chi connectivity index (χ4v) is 3.76. The van der Waals surface area contributed by atoms with Gasteiger partial charge in [0.15, 0.2) is 0 Å². The Morgan fingerprint density at radius 2 is 1.81 bits per heavy atom. The van der Waals surface area contributed by atoms with Crippen LogP contribution in [0.3, 0.4) is 0 Å². The lowest BCUT2D eigenvalue weighted by Gasteiger charge is -2.28. The monoisotopic (exact) mass is 405 g/mol. The van der Waals surface area contributed by atoms with Crippen molar-refractivity contribution in [3.63, 3.8) is 0 Å². The number of halogens is 2. The first kappa shape index (κ1) is 19.8. The van der Waals surface area contributed by atoms with Gasteiger partial charge in [-0.2, -0.15) is 0 Å². The molecular weight excluding hydrogens is 381 g/mol. The smallest absolute Gasteiger partial charge is 0.228 e. The predicted molar refractivity (Wildman–Crippen MR) is 112 cm³/mol. The number of nitrogens with zero attached hydrogens (tertiary/aromatic N) is 2. The van der Waals surface area contributed by atoms with Crippen molar-refractivity contribution in [2.75, 3.05) is 13.1 Å². The molecule has 0 saturated heterocycles. The summed E-state index contributed by atoms with van der Waals surface area (Å²) in [6.07, 6.45) is 7.96. The van der Waals surface area contributed by atoms with Crippen molar-refractivity contribution in [3.05, 3.63) is 63.9 Å². The quantitative estimate of drug-likeness (QED) is 0.698. The van der Waals surface area contributed by atoms with Gasteiger partial charge in [-0.15, -0.1) is 0 Å². The number of rotatable bonds is 7. The Hall–Kier alpha value is -1.91. The van der Waals surface area contributed by atoms with Crippen molar-refractivity contribution in [2.24, 2.45) is 0 Å². The van der Waals surface area contributed by atoms with E-state index in [1.165, 1.54) is 0 Å². The number of amides is 1. The molecule has 1 aromatic carbocycles. The Balaban J connectivity index is 1.94. The van der Waals surface area contributed by atoms with Crippen molar-refractivity contribution in [3.8, 4) is 0 Å². The molecule has 0 aliphatic carbocycles. The van der Waals surface area contributed by atoms with E-state index in [0.717, 1.165) is 42.9 Å². The third-order valence-electron chi connectivity index (χ3n) is 4.68. The van der Waals surface area contributed by atoms with Gasteiger partial charge in [-0.25, -0.2) is 0 Å². The summed E-state index contributed by atoms with van der Waals surface area (Å²) in [5.74, 6) is 0.140. The maximum atomic E-state index is 13.0. The lowest BCUT2D eigenvalue weighted by molar-refractivity contribution is -0.130. The van der Waals surface area contributed by atoms with Crippen LogP contribution in [0.5, 0.6) is 0 Å². The molecule has 27 heavy (non-hydrogen) atoms. The van der Waals surface area contributed by atoms with Crippen molar-refractivity contribution in [2.45, 2.75) is 39.3 Å². The average molecular weight is 406 g/mol. The van der Waals surface area contributed by atoms with Crippen molar-refractivity contribution < 1.29 is 4.79 Å². The van der Waals surface area contributed by atoms with Gasteiger partial charge in [0, 0.05) is 24.3 Å². The van der Waals surface area contributed by atoms with Gasteiger partial charge in [-0.3, -0.25) is 4.79 Å². The first-order chi connectivity index (χ1) is 13.0. The first-order valence-corrected chi connectivity index (χ1v) is 10.2. The van der Waals surface area contributed by atoms with Gasteiger partial charge in [0.05, 0.1) is 22.8 Å². The third-order valence-corrected chi connectivity index (χ3v) is 5.16. The molecule has 0 aromatic heterocycles. The van der Waals surface area contributed by atoms with Gasteiger partial charge in [-0.1, -0.05) is 49.2 Å². The highest BCUT2D eigenvalue weighted by Crippen LogP contribution is 2.34. The van der Waals surface area contributed by atoms with Gasteiger partial charge in [0.1, 0.15) is 6.17 Å². The summed E-state index contributed by atoms with van der Waals surface area (Å²) in [6, 6.07) is 7.67. The van der Waals surface area contributed by atoms with Gasteiger partial charge in [-0.05, 0) is 42.7 Å². The molecule has 1 aromatic rings. The second-order valence-corrected chi connectivity index (χ2v) is 7.63. The summed E-state index contributed by atoms with van der Waals surface area (Å²) in [5, 5.41) is 4.84. The van der Waals surface area contributed by atoms with Gasteiger partial charge in [0.2, 0.25) is 5.91 Å². The molecule has 1 atom stereocenters. The van der Waals surface area contributed by atoms with Crippen molar-refractivity contribution in [1.82, 2.24) is 15.1 Å². The van der Waals surface area contributed by atoms with E-state index in [1.54, 1.807) is 0 Å². The molecule has 0 spiro atoms. The zero-order chi connectivity index (χ0) is 19.4. The molecule has 3 rings (SSSR count). The normalized spacial score (nSPS) is 18.3. The van der Waals surface area contributed by atoms with Gasteiger partial charge in [0.25, 0.3) is 0 Å². The lowest BCUT2D eigenvalue weighted by Crippen LogP contribution is -2.36. The van der Waals surface area contributed by atoms with Crippen LogP contribution < -0.4 is 5.32 Å². The number of carbonyl (C=O) groups is 1. The minimum Gasteiger partial charge on any atom is -0.360 e. The number of nitrogens with one attached hydrogen (secondary N) is 1. The molecule has 2 heterocycles. The minimum atomic E-state index is -0.0354. The topological polar surface area (TPSA) is 35.6 Å². The number of benzene rings is 1. The van der Waals surface area contributed by atoms with E-state index < -0.39 is 0 Å². The molecule has 2 aliphatic heterocycles. The highest BCUT2D eigenvalue weighted by molar-refractivity contribution is 6.31. The minimum absolute atomic E-state index is 0.0354. The Labute approximate surface area is 171 Å². The van der Waals surface area contributed by atoms with E-state index >= 15 is 0 Å². The Morgan fingerprint density at radius 3 is 2.44 bits per heavy atom. The number of allylic oxidation sites excluding steroid dienone is 2. The standard InChI is InChI=1S/C21H25Cl2N3O/c1-3-11-25(12-4-2)20(27)13-18-21(15-5-7-16(22)8-6-15)24-19-10-9-17(23)14-26(18)19/h5-10,14,19,24H,3-4,11-13H2,1-2H3. The van der Waals surface area contributed by atoms with Crippen LogP contribution >= 0.6 is 23.2 Å². The van der Waals surface area contributed by atoms with Gasteiger partial charge >= 0.3 is 0 Å². The van der Waals surface area contributed by atoms with Crippen LogP contribution in [0.4, 0.5) is 0 Å². The van der Waals surface area contributed by atoms with E-state index in [1.807, 2.05) is 47.5 Å². The fraction of sp³-hybridized carbons (Fsp3) is 0.381. The second-order valence-electron chi connectivity index (χ2n) is 6.76. The van der Waals surface area contributed by atoms with Gasteiger partial charge < -0.3 is 15.1 Å². The van der Waals surface area contributed by atoms with Crippen LogP contribution in [0.25, 0.3) is 5.70 Å². The summed E-state index contributed by atoms with van der Waals surface area (Å²) < 4.78 is 0. The van der Waals surface area contributed by atoms with Crippen LogP contribution in [-0.4, -0.2) is 35.0 Å². The van der Waals surface area contributed by atoms with Crippen molar-refractivity contribution >= 4 is 34.8 Å². The maximum absolute atomic E-state index is 13.0. The lowest BCUT2D eigenvalue weighted by atomic mass is 10.1. The van der Waals surface area contributed by atoms with E-state index in [4.69, 9.17) is 23.2 Å². The van der Waals surface area contributed by atoms with E-state index in [-0.39, 0.29) is 12.1 Å². The molecule has 1 N–H and O–H groups in total. The number of hydrogen-bond acceptors (Lipinski definition) is 3. The van der Waals surface area contributed by atoms with Crippen LogP contribution in [0, 0.1) is 0 Å². The molecule has 0 fully saturated rings. The molecule has 1 amide bonds. The Bertz CT molecular complexity index is 777. The van der Waals surface area contributed by atoms with Crippen LogP contribution in [0.2, 0.25) is 5.02 Å². The fourth-order valence-electron chi connectivity index (χ4n) is 3.46. The molecular formula is C21H25Cl2N3O. The molecule has 6 heteroatoms. The maximum Gasteiger partial charge on any atom is 0.228 e. The molecule has 4 nitrogen and oxygen atoms in total. The van der Waals surface area contributed by atoms with E-state index in [0.29, 0.717) is 16.5 Å². The summed E-state index contributed by atoms with van der Waals surface area (Å²) in [4.78, 5) is 17.0. The molecule has 1 unspecified atom stereocenters.